The normalized spacial score (nSPS) is 14.3. The van der Waals surface area contributed by atoms with Gasteiger partial charge in [-0.25, -0.2) is 8.42 Å². The number of anilines is 1. The predicted octanol–water partition coefficient (Wildman–Crippen LogP) is 7.80. The van der Waals surface area contributed by atoms with Crippen molar-refractivity contribution in [2.24, 2.45) is 0 Å². The second-order valence-corrected chi connectivity index (χ2v) is 15.7. The fraction of sp³-hybridized carbons (Fsp3) is 0.297. The van der Waals surface area contributed by atoms with Gasteiger partial charge in [0.1, 0.15) is 12.6 Å². The fourth-order valence-electron chi connectivity index (χ4n) is 5.86. The minimum atomic E-state index is -4.15. The zero-order valence-electron chi connectivity index (χ0n) is 26.3. The number of benzene rings is 4. The molecule has 1 N–H and O–H groups in total. The number of rotatable bonds is 12. The van der Waals surface area contributed by atoms with Crippen LogP contribution in [0.15, 0.2) is 117 Å². The first-order valence-corrected chi connectivity index (χ1v) is 18.9. The Kier molecular flexibility index (Phi) is 11.9. The Bertz CT molecular complexity index is 1740. The van der Waals surface area contributed by atoms with Crippen LogP contribution in [0.2, 0.25) is 0 Å². The molecule has 0 aliphatic heterocycles. The second kappa shape index (κ2) is 16.1. The number of nitrogens with zero attached hydrogens (tertiary/aromatic N) is 2. The Morgan fingerprint density at radius 3 is 2.00 bits per heavy atom. The number of hydrogen-bond acceptors (Lipinski definition) is 4. The number of amides is 2. The lowest BCUT2D eigenvalue weighted by Gasteiger charge is -2.35. The highest BCUT2D eigenvalue weighted by atomic mass is 79.9. The van der Waals surface area contributed by atoms with Crippen molar-refractivity contribution in [2.75, 3.05) is 10.8 Å². The second-order valence-electron chi connectivity index (χ2n) is 12.0. The summed E-state index contributed by atoms with van der Waals surface area (Å²) < 4.78 is 31.2. The summed E-state index contributed by atoms with van der Waals surface area (Å²) in [5, 5.41) is 3.24. The van der Waals surface area contributed by atoms with Crippen molar-refractivity contribution in [1.29, 1.82) is 0 Å². The summed E-state index contributed by atoms with van der Waals surface area (Å²) in [6.45, 7) is 1.52. The van der Waals surface area contributed by atoms with Crippen LogP contribution in [0.5, 0.6) is 0 Å². The monoisotopic (exact) mass is 779 g/mol. The summed E-state index contributed by atoms with van der Waals surface area (Å²) >= 11 is 6.91. The quantitative estimate of drug-likeness (QED) is 0.159. The van der Waals surface area contributed by atoms with Gasteiger partial charge in [-0.2, -0.15) is 0 Å². The molecular weight excluding hydrogens is 742 g/mol. The average molecular weight is 782 g/mol. The molecule has 1 unspecified atom stereocenters. The highest BCUT2D eigenvalue weighted by molar-refractivity contribution is 9.10. The van der Waals surface area contributed by atoms with E-state index in [1.54, 1.807) is 53.4 Å². The van der Waals surface area contributed by atoms with E-state index in [0.717, 1.165) is 62.0 Å². The topological polar surface area (TPSA) is 86.8 Å². The molecule has 1 fully saturated rings. The van der Waals surface area contributed by atoms with Gasteiger partial charge in [-0.05, 0) is 79.4 Å². The molecule has 0 aromatic heterocycles. The predicted molar refractivity (Wildman–Crippen MR) is 193 cm³/mol. The first-order chi connectivity index (χ1) is 22.6. The van der Waals surface area contributed by atoms with Crippen LogP contribution in [0.25, 0.3) is 0 Å². The van der Waals surface area contributed by atoms with E-state index in [0.29, 0.717) is 5.69 Å². The van der Waals surface area contributed by atoms with Crippen molar-refractivity contribution < 1.29 is 18.0 Å². The molecule has 0 heterocycles. The Balaban J connectivity index is 1.55. The molecule has 0 spiro atoms. The first-order valence-electron chi connectivity index (χ1n) is 15.8. The average Bonchev–Trinajstić information content (AvgIpc) is 3.07. The maximum absolute atomic E-state index is 14.6. The summed E-state index contributed by atoms with van der Waals surface area (Å²) in [5.41, 5.74) is 2.99. The molecule has 47 heavy (non-hydrogen) atoms. The van der Waals surface area contributed by atoms with E-state index in [2.05, 4.69) is 37.2 Å². The molecule has 1 atom stereocenters. The number of sulfonamides is 1. The van der Waals surface area contributed by atoms with E-state index in [9.17, 15) is 18.0 Å². The Morgan fingerprint density at radius 1 is 0.787 bits per heavy atom. The SMILES string of the molecule is Cc1ccc(S(=O)(=O)N(CC(=O)N(Cc2ccc(Br)cc2)C(Cc2ccccc2)C(=O)NC2CCCCC2)c2ccc(Br)cc2)cc1. The van der Waals surface area contributed by atoms with E-state index in [1.165, 1.54) is 0 Å². The van der Waals surface area contributed by atoms with Crippen LogP contribution in [-0.2, 0) is 32.6 Å². The molecule has 1 aliphatic carbocycles. The van der Waals surface area contributed by atoms with Gasteiger partial charge in [0, 0.05) is 28.0 Å². The van der Waals surface area contributed by atoms with E-state index in [1.807, 2.05) is 61.5 Å². The third-order valence-corrected chi connectivity index (χ3v) is 11.3. The van der Waals surface area contributed by atoms with Gasteiger partial charge < -0.3 is 10.2 Å². The van der Waals surface area contributed by atoms with Gasteiger partial charge in [0.2, 0.25) is 11.8 Å². The van der Waals surface area contributed by atoms with Gasteiger partial charge >= 0.3 is 0 Å². The van der Waals surface area contributed by atoms with Crippen molar-refractivity contribution in [3.63, 3.8) is 0 Å². The number of aryl methyl sites for hydroxylation is 1. The van der Waals surface area contributed by atoms with Crippen molar-refractivity contribution in [3.8, 4) is 0 Å². The summed E-state index contributed by atoms with van der Waals surface area (Å²) in [4.78, 5) is 30.5. The molecule has 10 heteroatoms. The van der Waals surface area contributed by atoms with Crippen LogP contribution < -0.4 is 9.62 Å². The van der Waals surface area contributed by atoms with E-state index < -0.39 is 28.5 Å². The molecule has 5 rings (SSSR count). The lowest BCUT2D eigenvalue weighted by atomic mass is 9.94. The van der Waals surface area contributed by atoms with Crippen LogP contribution in [0.4, 0.5) is 5.69 Å². The summed E-state index contributed by atoms with van der Waals surface area (Å²) in [6, 6.07) is 29.8. The molecule has 0 radical (unpaired) electrons. The molecule has 1 saturated carbocycles. The maximum Gasteiger partial charge on any atom is 0.264 e. The van der Waals surface area contributed by atoms with Crippen LogP contribution >= 0.6 is 31.9 Å². The molecule has 0 saturated heterocycles. The maximum atomic E-state index is 14.6. The van der Waals surface area contributed by atoms with Crippen molar-refractivity contribution >= 4 is 59.4 Å². The van der Waals surface area contributed by atoms with Gasteiger partial charge in [0.15, 0.2) is 0 Å². The van der Waals surface area contributed by atoms with E-state index in [-0.39, 0.29) is 29.8 Å². The minimum Gasteiger partial charge on any atom is -0.352 e. The summed E-state index contributed by atoms with van der Waals surface area (Å²) in [6.07, 6.45) is 5.33. The molecule has 4 aromatic carbocycles. The number of carbonyl (C=O) groups excluding carboxylic acids is 2. The summed E-state index contributed by atoms with van der Waals surface area (Å²) in [7, 11) is -4.15. The standard InChI is InChI=1S/C37H39Br2N3O4S/c1-27-12-22-34(23-13-27)47(45,46)42(33-20-18-31(39)19-21-33)26-36(43)41(25-29-14-16-30(38)17-15-29)35(24-28-8-4-2-5-9-28)37(44)40-32-10-6-3-7-11-32/h2,4-5,8-9,12-23,32,35H,3,6-7,10-11,24-26H2,1H3,(H,40,44). The van der Waals surface area contributed by atoms with Crippen molar-refractivity contribution in [3.05, 3.63) is 129 Å². The minimum absolute atomic E-state index is 0.0420. The van der Waals surface area contributed by atoms with Gasteiger partial charge in [-0.3, -0.25) is 13.9 Å². The van der Waals surface area contributed by atoms with Gasteiger partial charge in [-0.15, -0.1) is 0 Å². The van der Waals surface area contributed by atoms with Gasteiger partial charge in [0.25, 0.3) is 10.0 Å². The van der Waals surface area contributed by atoms with E-state index >= 15 is 0 Å². The molecule has 0 bridgehead atoms. The molecule has 246 valence electrons. The number of carbonyl (C=O) groups is 2. The van der Waals surface area contributed by atoms with Crippen LogP contribution in [0.1, 0.15) is 48.8 Å². The molecule has 4 aromatic rings. The molecular formula is C37H39Br2N3O4S. The molecule has 7 nitrogen and oxygen atoms in total. The third-order valence-electron chi connectivity index (χ3n) is 8.49. The Hall–Kier alpha value is -3.47. The number of hydrogen-bond donors (Lipinski definition) is 1. The zero-order chi connectivity index (χ0) is 33.4. The van der Waals surface area contributed by atoms with Crippen LogP contribution in [0.3, 0.4) is 0 Å². The highest BCUT2D eigenvalue weighted by Crippen LogP contribution is 2.27. The van der Waals surface area contributed by atoms with E-state index in [4.69, 9.17) is 0 Å². The zero-order valence-corrected chi connectivity index (χ0v) is 30.3. The molecule has 1 aliphatic rings. The lowest BCUT2D eigenvalue weighted by molar-refractivity contribution is -0.140. The van der Waals surface area contributed by atoms with Crippen LogP contribution in [0, 0.1) is 6.92 Å². The number of nitrogens with one attached hydrogen (secondary N) is 1. The van der Waals surface area contributed by atoms with Crippen molar-refractivity contribution in [1.82, 2.24) is 10.2 Å². The fourth-order valence-corrected chi connectivity index (χ4v) is 7.80. The highest BCUT2D eigenvalue weighted by Gasteiger charge is 2.35. The van der Waals surface area contributed by atoms with Crippen LogP contribution in [-0.4, -0.2) is 43.8 Å². The lowest BCUT2D eigenvalue weighted by Crippen LogP contribution is -2.55. The molecule has 2 amide bonds. The Labute approximate surface area is 294 Å². The summed E-state index contributed by atoms with van der Waals surface area (Å²) in [5.74, 6) is -0.714. The third kappa shape index (κ3) is 9.33. The number of halogens is 2. The van der Waals surface area contributed by atoms with Gasteiger partial charge in [-0.1, -0.05) is 111 Å². The largest absolute Gasteiger partial charge is 0.352 e. The van der Waals surface area contributed by atoms with Gasteiger partial charge in [0.05, 0.1) is 10.6 Å². The Morgan fingerprint density at radius 2 is 1.38 bits per heavy atom. The first kappa shape index (κ1) is 34.9. The van der Waals surface area contributed by atoms with Crippen molar-refractivity contribution in [2.45, 2.75) is 69.0 Å². The smallest absolute Gasteiger partial charge is 0.264 e.